The first-order chi connectivity index (χ1) is 14.4. The smallest absolute Gasteiger partial charge is 0.228 e. The summed E-state index contributed by atoms with van der Waals surface area (Å²) in [6.45, 7) is 6.63. The number of nitrogens with zero attached hydrogens (tertiary/aromatic N) is 7. The predicted octanol–water partition coefficient (Wildman–Crippen LogP) is 3.90. The molecular weight excluding hydrogens is 473 g/mol. The van der Waals surface area contributed by atoms with Gasteiger partial charge in [0.05, 0.1) is 18.5 Å². The monoisotopic (exact) mass is 499 g/mol. The van der Waals surface area contributed by atoms with Crippen LogP contribution in [0.4, 0.5) is 5.82 Å². The normalized spacial score (nSPS) is 23.1. The molecule has 0 spiro atoms. The molecule has 3 heterocycles. The Morgan fingerprint density at radius 1 is 1.40 bits per heavy atom. The van der Waals surface area contributed by atoms with Gasteiger partial charge in [-0.1, -0.05) is 6.92 Å². The second-order valence-electron chi connectivity index (χ2n) is 6.89. The molecule has 1 saturated heterocycles. The molecule has 2 aromatic heterocycles. The molecule has 1 aliphatic heterocycles. The maximum absolute atomic E-state index is 6.30. The van der Waals surface area contributed by atoms with Crippen molar-refractivity contribution in [2.24, 2.45) is 9.98 Å². The van der Waals surface area contributed by atoms with Crippen LogP contribution < -0.4 is 0 Å². The second kappa shape index (κ2) is 10.6. The number of imidazole rings is 1. The summed E-state index contributed by atoms with van der Waals surface area (Å²) in [6, 6.07) is 0. The number of aromatic nitrogens is 4. The summed E-state index contributed by atoms with van der Waals surface area (Å²) in [5.41, 5.74) is 1.27. The van der Waals surface area contributed by atoms with Gasteiger partial charge < -0.3 is 18.7 Å². The molecule has 164 valence electrons. The van der Waals surface area contributed by atoms with E-state index in [1.165, 1.54) is 12.7 Å². The van der Waals surface area contributed by atoms with E-state index in [-0.39, 0.29) is 18.4 Å². The van der Waals surface area contributed by atoms with Gasteiger partial charge in [0, 0.05) is 33.7 Å². The fraction of sp³-hybridized carbons (Fsp3) is 0.611. The van der Waals surface area contributed by atoms with Crippen molar-refractivity contribution in [1.29, 1.82) is 0 Å². The van der Waals surface area contributed by atoms with Crippen molar-refractivity contribution in [3.8, 4) is 0 Å². The van der Waals surface area contributed by atoms with Crippen LogP contribution in [-0.4, -0.2) is 76.7 Å². The van der Waals surface area contributed by atoms with Gasteiger partial charge in [-0.15, -0.1) is 0 Å². The first-order valence-electron chi connectivity index (χ1n) is 9.74. The Labute approximate surface area is 185 Å². The summed E-state index contributed by atoms with van der Waals surface area (Å²) in [5, 5.41) is 0. The number of hydrogen-bond donors (Lipinski definition) is 0. The highest BCUT2D eigenvalue weighted by atomic mass is 79.9. The largest absolute Gasteiger partial charge is 0.437 e. The molecular formula is C18H27BrN7O3P. The quantitative estimate of drug-likeness (QED) is 0.223. The molecule has 4 unspecified atom stereocenters. The van der Waals surface area contributed by atoms with Gasteiger partial charge in [-0.2, -0.15) is 0 Å². The molecule has 3 rings (SSSR count). The van der Waals surface area contributed by atoms with E-state index in [1.807, 2.05) is 37.2 Å². The van der Waals surface area contributed by atoms with Crippen molar-refractivity contribution >= 4 is 54.0 Å². The van der Waals surface area contributed by atoms with Gasteiger partial charge in [-0.05, 0) is 29.3 Å². The second-order valence-corrected chi connectivity index (χ2v) is 8.91. The molecule has 0 amide bonds. The van der Waals surface area contributed by atoms with Gasteiger partial charge in [-0.25, -0.2) is 19.9 Å². The van der Waals surface area contributed by atoms with Crippen molar-refractivity contribution in [1.82, 2.24) is 24.4 Å². The highest BCUT2D eigenvalue weighted by Crippen LogP contribution is 2.43. The topological polar surface area (TPSA) is 99.2 Å². The molecule has 0 N–H and O–H groups in total. The summed E-state index contributed by atoms with van der Waals surface area (Å²) < 4.78 is 20.5. The Bertz CT molecular complexity index is 907. The van der Waals surface area contributed by atoms with E-state index in [9.17, 15) is 0 Å². The zero-order valence-electron chi connectivity index (χ0n) is 17.8. The zero-order chi connectivity index (χ0) is 21.7. The standard InChI is InChI=1S/C18H27BrN7O3P/c1-6-12-13(29-30(5)27-11-20-7-2)8-14(28-12)26-17-15(24-18(26)19)16(21-9-22-17)23-10-25(3)4/h9-14H,6-8H2,1-5H3. The van der Waals surface area contributed by atoms with Crippen LogP contribution in [0, 0.1) is 0 Å². The van der Waals surface area contributed by atoms with Gasteiger partial charge in [0.25, 0.3) is 0 Å². The summed E-state index contributed by atoms with van der Waals surface area (Å²) in [5.74, 6) is 0.506. The molecule has 30 heavy (non-hydrogen) atoms. The van der Waals surface area contributed by atoms with Crippen LogP contribution in [0.3, 0.4) is 0 Å². The average Bonchev–Trinajstić information content (AvgIpc) is 3.25. The fourth-order valence-electron chi connectivity index (χ4n) is 3.11. The molecule has 2 aromatic rings. The van der Waals surface area contributed by atoms with Crippen LogP contribution >= 0.6 is 24.3 Å². The number of aliphatic imine (C=N–C) groups is 2. The lowest BCUT2D eigenvalue weighted by Crippen LogP contribution is -2.21. The van der Waals surface area contributed by atoms with Crippen LogP contribution in [0.1, 0.15) is 32.9 Å². The predicted molar refractivity (Wildman–Crippen MR) is 122 cm³/mol. The Morgan fingerprint density at radius 3 is 2.90 bits per heavy atom. The van der Waals surface area contributed by atoms with E-state index in [4.69, 9.17) is 13.8 Å². The lowest BCUT2D eigenvalue weighted by Gasteiger charge is -2.19. The fourth-order valence-corrected chi connectivity index (χ4v) is 4.54. The Balaban J connectivity index is 1.83. The van der Waals surface area contributed by atoms with Gasteiger partial charge in [0.15, 0.2) is 28.1 Å². The van der Waals surface area contributed by atoms with Crippen molar-refractivity contribution in [2.75, 3.05) is 27.3 Å². The third-order valence-electron chi connectivity index (χ3n) is 4.43. The van der Waals surface area contributed by atoms with Crippen LogP contribution in [0.25, 0.3) is 11.2 Å². The molecule has 1 aliphatic rings. The minimum atomic E-state index is -1.09. The third kappa shape index (κ3) is 5.32. The molecule has 0 saturated carbocycles. The first-order valence-corrected chi connectivity index (χ1v) is 12.2. The maximum Gasteiger partial charge on any atom is 0.228 e. The van der Waals surface area contributed by atoms with Gasteiger partial charge >= 0.3 is 0 Å². The number of hydrogen-bond acceptors (Lipinski definition) is 8. The van der Waals surface area contributed by atoms with E-state index in [0.717, 1.165) is 6.42 Å². The third-order valence-corrected chi connectivity index (χ3v) is 5.95. The molecule has 0 bridgehead atoms. The van der Waals surface area contributed by atoms with Gasteiger partial charge in [-0.3, -0.25) is 9.56 Å². The molecule has 0 radical (unpaired) electrons. The van der Waals surface area contributed by atoms with Gasteiger partial charge in [0.1, 0.15) is 12.6 Å². The summed E-state index contributed by atoms with van der Waals surface area (Å²) in [6.07, 6.45) is 5.70. The average molecular weight is 500 g/mol. The molecule has 0 aromatic carbocycles. The maximum atomic E-state index is 6.30. The minimum absolute atomic E-state index is 0.0518. The van der Waals surface area contributed by atoms with Crippen LogP contribution in [-0.2, 0) is 13.8 Å². The van der Waals surface area contributed by atoms with Crippen LogP contribution in [0.15, 0.2) is 21.0 Å². The zero-order valence-corrected chi connectivity index (χ0v) is 20.2. The lowest BCUT2D eigenvalue weighted by atomic mass is 10.1. The lowest BCUT2D eigenvalue weighted by molar-refractivity contribution is -0.0148. The molecule has 10 nitrogen and oxygen atoms in total. The molecule has 12 heteroatoms. The van der Waals surface area contributed by atoms with Crippen molar-refractivity contribution < 1.29 is 13.8 Å². The first kappa shape index (κ1) is 23.0. The molecule has 4 atom stereocenters. The van der Waals surface area contributed by atoms with E-state index >= 15 is 0 Å². The number of fused-ring (bicyclic) bond motifs is 1. The highest BCUT2D eigenvalue weighted by molar-refractivity contribution is 9.10. The Morgan fingerprint density at radius 2 is 2.20 bits per heavy atom. The minimum Gasteiger partial charge on any atom is -0.437 e. The Kier molecular flexibility index (Phi) is 8.10. The van der Waals surface area contributed by atoms with Crippen LogP contribution in [0.5, 0.6) is 0 Å². The SMILES string of the molecule is CCN=COP(C)OC1CC(n2c(Br)nc3c(N=CN(C)C)ncnc32)OC1CC. The number of rotatable bonds is 9. The van der Waals surface area contributed by atoms with Gasteiger partial charge in [0.2, 0.25) is 8.38 Å². The molecule has 0 aliphatic carbocycles. The summed E-state index contributed by atoms with van der Waals surface area (Å²) >= 11 is 3.55. The van der Waals surface area contributed by atoms with Crippen molar-refractivity contribution in [3.05, 3.63) is 11.1 Å². The Hall–Kier alpha value is -1.68. The highest BCUT2D eigenvalue weighted by Gasteiger charge is 2.39. The summed E-state index contributed by atoms with van der Waals surface area (Å²) in [4.78, 5) is 23.6. The van der Waals surface area contributed by atoms with E-state index < -0.39 is 8.38 Å². The number of halogens is 1. The summed E-state index contributed by atoms with van der Waals surface area (Å²) in [7, 11) is 2.71. The molecule has 1 fully saturated rings. The van der Waals surface area contributed by atoms with E-state index in [1.54, 1.807) is 6.34 Å². The van der Waals surface area contributed by atoms with Crippen molar-refractivity contribution in [2.45, 2.75) is 45.1 Å². The van der Waals surface area contributed by atoms with Crippen molar-refractivity contribution in [3.63, 3.8) is 0 Å². The number of ether oxygens (including phenoxy) is 1. The van der Waals surface area contributed by atoms with E-state index in [0.29, 0.717) is 34.7 Å². The van der Waals surface area contributed by atoms with E-state index in [2.05, 4.69) is 47.8 Å². The van der Waals surface area contributed by atoms with Crippen LogP contribution in [0.2, 0.25) is 0 Å².